The van der Waals surface area contributed by atoms with E-state index in [1.54, 1.807) is 29.2 Å². The van der Waals surface area contributed by atoms with E-state index < -0.39 is 11.9 Å². The molecular formula is C15H16N4O4. The second-order valence-electron chi connectivity index (χ2n) is 5.22. The number of aliphatic imine (C=N–C) groups is 1. The van der Waals surface area contributed by atoms with E-state index in [9.17, 15) is 14.4 Å². The van der Waals surface area contributed by atoms with Gasteiger partial charge in [0.1, 0.15) is 11.8 Å². The quantitative estimate of drug-likeness (QED) is 0.767. The van der Waals surface area contributed by atoms with Gasteiger partial charge in [-0.3, -0.25) is 19.7 Å². The number of carbonyl (C=O) groups excluding carboxylic acids is 3. The van der Waals surface area contributed by atoms with Crippen LogP contribution >= 0.6 is 0 Å². The molecular weight excluding hydrogens is 300 g/mol. The molecule has 0 radical (unpaired) electrons. The number of methoxy groups -OCH3 is 1. The van der Waals surface area contributed by atoms with Crippen LogP contribution in [0.15, 0.2) is 29.3 Å². The molecule has 2 saturated heterocycles. The lowest BCUT2D eigenvalue weighted by Gasteiger charge is -2.39. The largest absolute Gasteiger partial charge is 0.497 e. The van der Waals surface area contributed by atoms with Gasteiger partial charge in [-0.05, 0) is 24.3 Å². The Kier molecular flexibility index (Phi) is 3.96. The smallest absolute Gasteiger partial charge is 0.280 e. The first kappa shape index (κ1) is 15.0. The van der Waals surface area contributed by atoms with Gasteiger partial charge in [0, 0.05) is 18.7 Å². The summed E-state index contributed by atoms with van der Waals surface area (Å²) in [6.45, 7) is 0.937. The number of guanidine groups is 1. The molecule has 0 saturated carbocycles. The van der Waals surface area contributed by atoms with Crippen LogP contribution in [0.1, 0.15) is 16.8 Å². The number of hydrogen-bond acceptors (Lipinski definition) is 4. The third kappa shape index (κ3) is 3.01. The normalized spacial score (nSPS) is 22.2. The lowest BCUT2D eigenvalue weighted by atomic mass is 10.1. The zero-order valence-electron chi connectivity index (χ0n) is 12.5. The van der Waals surface area contributed by atoms with Crippen molar-refractivity contribution in [1.82, 2.24) is 15.5 Å². The SMILES string of the molecule is COc1ccc(C(=O)N=C2NC(=O)CC3C(=O)NCCN23)cc1. The molecule has 120 valence electrons. The van der Waals surface area contributed by atoms with Gasteiger partial charge in [0.25, 0.3) is 5.91 Å². The Balaban J connectivity index is 1.85. The van der Waals surface area contributed by atoms with Crippen molar-refractivity contribution in [2.24, 2.45) is 4.99 Å². The number of nitrogens with one attached hydrogen (secondary N) is 2. The van der Waals surface area contributed by atoms with Crippen LogP contribution in [0.2, 0.25) is 0 Å². The summed E-state index contributed by atoms with van der Waals surface area (Å²) in [6, 6.07) is 5.89. The number of ether oxygens (including phenoxy) is 1. The number of carbonyl (C=O) groups is 3. The highest BCUT2D eigenvalue weighted by atomic mass is 16.5. The molecule has 2 aliphatic rings. The van der Waals surface area contributed by atoms with Crippen molar-refractivity contribution in [2.45, 2.75) is 12.5 Å². The number of hydrogen-bond donors (Lipinski definition) is 2. The summed E-state index contributed by atoms with van der Waals surface area (Å²) in [7, 11) is 1.54. The Morgan fingerprint density at radius 1 is 1.30 bits per heavy atom. The first-order chi connectivity index (χ1) is 11.1. The second-order valence-corrected chi connectivity index (χ2v) is 5.22. The fourth-order valence-electron chi connectivity index (χ4n) is 2.58. The fourth-order valence-corrected chi connectivity index (χ4v) is 2.58. The summed E-state index contributed by atoms with van der Waals surface area (Å²) in [5.41, 5.74) is 0.371. The van der Waals surface area contributed by atoms with Gasteiger partial charge < -0.3 is 15.0 Å². The Bertz CT molecular complexity index is 683. The van der Waals surface area contributed by atoms with E-state index in [2.05, 4.69) is 15.6 Å². The molecule has 2 aliphatic heterocycles. The molecule has 1 atom stereocenters. The highest BCUT2D eigenvalue weighted by Crippen LogP contribution is 2.16. The molecule has 0 aliphatic carbocycles. The number of piperazine rings is 1. The van der Waals surface area contributed by atoms with E-state index in [0.717, 1.165) is 0 Å². The summed E-state index contributed by atoms with van der Waals surface area (Å²) < 4.78 is 5.04. The maximum absolute atomic E-state index is 12.3. The molecule has 1 aromatic rings. The second kappa shape index (κ2) is 6.07. The number of benzene rings is 1. The van der Waals surface area contributed by atoms with Gasteiger partial charge in [-0.2, -0.15) is 4.99 Å². The highest BCUT2D eigenvalue weighted by molar-refractivity contribution is 6.10. The van der Waals surface area contributed by atoms with E-state index in [4.69, 9.17) is 4.74 Å². The zero-order chi connectivity index (χ0) is 16.4. The van der Waals surface area contributed by atoms with E-state index in [-0.39, 0.29) is 24.2 Å². The monoisotopic (exact) mass is 316 g/mol. The molecule has 2 heterocycles. The molecule has 8 nitrogen and oxygen atoms in total. The van der Waals surface area contributed by atoms with Gasteiger partial charge in [-0.15, -0.1) is 0 Å². The number of fused-ring (bicyclic) bond motifs is 1. The van der Waals surface area contributed by atoms with Gasteiger partial charge >= 0.3 is 0 Å². The molecule has 8 heteroatoms. The minimum absolute atomic E-state index is 0.0571. The summed E-state index contributed by atoms with van der Waals surface area (Å²) in [5.74, 6) is -0.287. The third-order valence-electron chi connectivity index (χ3n) is 3.78. The van der Waals surface area contributed by atoms with E-state index in [1.807, 2.05) is 0 Å². The zero-order valence-corrected chi connectivity index (χ0v) is 12.5. The van der Waals surface area contributed by atoms with Crippen molar-refractivity contribution in [1.29, 1.82) is 0 Å². The van der Waals surface area contributed by atoms with Gasteiger partial charge in [0.2, 0.25) is 17.8 Å². The summed E-state index contributed by atoms with van der Waals surface area (Å²) in [5, 5.41) is 5.28. The summed E-state index contributed by atoms with van der Waals surface area (Å²) in [4.78, 5) is 41.5. The van der Waals surface area contributed by atoms with Crippen LogP contribution in [0.5, 0.6) is 5.75 Å². The van der Waals surface area contributed by atoms with Crippen molar-refractivity contribution in [3.63, 3.8) is 0 Å². The Hall–Kier alpha value is -2.90. The van der Waals surface area contributed by atoms with Crippen LogP contribution in [-0.2, 0) is 9.59 Å². The predicted molar refractivity (Wildman–Crippen MR) is 81.0 cm³/mol. The van der Waals surface area contributed by atoms with Gasteiger partial charge in [-0.1, -0.05) is 0 Å². The Morgan fingerprint density at radius 2 is 2.04 bits per heavy atom. The molecule has 0 bridgehead atoms. The summed E-state index contributed by atoms with van der Waals surface area (Å²) >= 11 is 0. The molecule has 1 aromatic carbocycles. The number of rotatable bonds is 2. The van der Waals surface area contributed by atoms with E-state index in [0.29, 0.717) is 24.4 Å². The van der Waals surface area contributed by atoms with Crippen molar-refractivity contribution >= 4 is 23.7 Å². The van der Waals surface area contributed by atoms with E-state index in [1.165, 1.54) is 7.11 Å². The molecule has 23 heavy (non-hydrogen) atoms. The average molecular weight is 316 g/mol. The molecule has 2 fully saturated rings. The predicted octanol–water partition coefficient (Wildman–Crippen LogP) is -0.488. The minimum atomic E-state index is -0.611. The number of amides is 3. The molecule has 3 rings (SSSR count). The standard InChI is InChI=1S/C15H16N4O4/c1-23-10-4-2-9(3-5-10)13(21)18-15-17-12(20)8-11-14(22)16-6-7-19(11)15/h2-5,11H,6-8H2,1H3,(H,16,22)(H,17,18,20,21). The van der Waals surface area contributed by atoms with Gasteiger partial charge in [-0.25, -0.2) is 0 Å². The van der Waals surface area contributed by atoms with Crippen molar-refractivity contribution < 1.29 is 19.1 Å². The molecule has 3 amide bonds. The fraction of sp³-hybridized carbons (Fsp3) is 0.333. The van der Waals surface area contributed by atoms with Crippen molar-refractivity contribution in [3.8, 4) is 5.75 Å². The Labute approximate surface area is 132 Å². The van der Waals surface area contributed by atoms with Crippen LogP contribution < -0.4 is 15.4 Å². The topological polar surface area (TPSA) is 100 Å². The first-order valence-corrected chi connectivity index (χ1v) is 7.20. The highest BCUT2D eigenvalue weighted by Gasteiger charge is 2.38. The molecule has 0 spiro atoms. The van der Waals surface area contributed by atoms with Crippen molar-refractivity contribution in [2.75, 3.05) is 20.2 Å². The van der Waals surface area contributed by atoms with Crippen LogP contribution in [0.25, 0.3) is 0 Å². The lowest BCUT2D eigenvalue weighted by molar-refractivity contribution is -0.133. The lowest BCUT2D eigenvalue weighted by Crippen LogP contribution is -2.65. The van der Waals surface area contributed by atoms with Crippen LogP contribution in [-0.4, -0.2) is 54.8 Å². The van der Waals surface area contributed by atoms with Gasteiger partial charge in [0.05, 0.1) is 13.5 Å². The number of nitrogens with zero attached hydrogens (tertiary/aromatic N) is 2. The minimum Gasteiger partial charge on any atom is -0.497 e. The maximum Gasteiger partial charge on any atom is 0.280 e. The van der Waals surface area contributed by atoms with Crippen LogP contribution in [0.3, 0.4) is 0 Å². The van der Waals surface area contributed by atoms with Gasteiger partial charge in [0.15, 0.2) is 0 Å². The van der Waals surface area contributed by atoms with E-state index >= 15 is 0 Å². The van der Waals surface area contributed by atoms with Crippen LogP contribution in [0.4, 0.5) is 0 Å². The third-order valence-corrected chi connectivity index (χ3v) is 3.78. The molecule has 0 aromatic heterocycles. The Morgan fingerprint density at radius 3 is 2.74 bits per heavy atom. The molecule has 2 N–H and O–H groups in total. The summed E-state index contributed by atoms with van der Waals surface area (Å²) in [6.07, 6.45) is 0.0571. The maximum atomic E-state index is 12.3. The molecule has 1 unspecified atom stereocenters. The first-order valence-electron chi connectivity index (χ1n) is 7.20. The van der Waals surface area contributed by atoms with Crippen LogP contribution in [0, 0.1) is 0 Å². The van der Waals surface area contributed by atoms with Crippen molar-refractivity contribution in [3.05, 3.63) is 29.8 Å². The average Bonchev–Trinajstić information content (AvgIpc) is 2.56.